The van der Waals surface area contributed by atoms with Gasteiger partial charge in [0.15, 0.2) is 5.82 Å². The molecule has 4 heterocycles. The van der Waals surface area contributed by atoms with E-state index in [1.54, 1.807) is 0 Å². The van der Waals surface area contributed by atoms with Crippen LogP contribution >= 0.6 is 11.6 Å². The van der Waals surface area contributed by atoms with Gasteiger partial charge in [-0.05, 0) is 48.4 Å². The highest BCUT2D eigenvalue weighted by molar-refractivity contribution is 6.30. The maximum Gasteiger partial charge on any atom is 0.163 e. The van der Waals surface area contributed by atoms with Crippen LogP contribution in [0.2, 0.25) is 5.02 Å². The van der Waals surface area contributed by atoms with Crippen molar-refractivity contribution in [1.82, 2.24) is 29.6 Å². The second-order valence-electron chi connectivity index (χ2n) is 7.32. The number of halogens is 1. The molecule has 7 heteroatoms. The van der Waals surface area contributed by atoms with Gasteiger partial charge in [0.1, 0.15) is 11.5 Å². The van der Waals surface area contributed by atoms with E-state index in [4.69, 9.17) is 11.6 Å². The second-order valence-corrected chi connectivity index (χ2v) is 7.76. The van der Waals surface area contributed by atoms with Crippen molar-refractivity contribution in [2.75, 3.05) is 13.1 Å². The smallest absolute Gasteiger partial charge is 0.163 e. The van der Waals surface area contributed by atoms with Gasteiger partial charge in [0.05, 0.1) is 6.54 Å². The Morgan fingerprint density at radius 2 is 2.00 bits per heavy atom. The van der Waals surface area contributed by atoms with E-state index >= 15 is 0 Å². The van der Waals surface area contributed by atoms with Gasteiger partial charge in [0.25, 0.3) is 0 Å². The topological polar surface area (TPSA) is 62.6 Å². The Kier molecular flexibility index (Phi) is 4.66. The fourth-order valence-corrected chi connectivity index (χ4v) is 4.00. The molecule has 3 aromatic heterocycles. The third-order valence-electron chi connectivity index (χ3n) is 5.52. The van der Waals surface area contributed by atoms with Gasteiger partial charge in [0.2, 0.25) is 0 Å². The van der Waals surface area contributed by atoms with Crippen LogP contribution < -0.4 is 0 Å². The lowest BCUT2D eigenvalue weighted by molar-refractivity contribution is 0.283. The Bertz CT molecular complexity index is 1190. The van der Waals surface area contributed by atoms with Crippen LogP contribution in [-0.4, -0.2) is 42.7 Å². The summed E-state index contributed by atoms with van der Waals surface area (Å²) in [5, 5.41) is 10.7. The molecule has 29 heavy (non-hydrogen) atoms. The number of rotatable bonds is 4. The zero-order valence-electron chi connectivity index (χ0n) is 16.1. The molecule has 4 aromatic rings. The lowest BCUT2D eigenvalue weighted by Gasteiger charge is -2.25. The lowest BCUT2D eigenvalue weighted by Crippen LogP contribution is -2.29. The van der Waals surface area contributed by atoms with Gasteiger partial charge in [-0.1, -0.05) is 17.7 Å². The molecule has 0 atom stereocenters. The highest BCUT2D eigenvalue weighted by atomic mass is 35.5. The number of aromatic amines is 1. The van der Waals surface area contributed by atoms with E-state index < -0.39 is 0 Å². The van der Waals surface area contributed by atoms with Gasteiger partial charge in [-0.15, -0.1) is 10.2 Å². The lowest BCUT2D eigenvalue weighted by atomic mass is 9.99. The highest BCUT2D eigenvalue weighted by Crippen LogP contribution is 2.29. The Morgan fingerprint density at radius 1 is 1.14 bits per heavy atom. The molecular formula is C22H21ClN6. The molecule has 0 radical (unpaired) electrons. The van der Waals surface area contributed by atoms with Crippen molar-refractivity contribution in [3.8, 4) is 11.4 Å². The fraction of sp³-hybridized carbons (Fsp3) is 0.227. The second kappa shape index (κ2) is 7.46. The third-order valence-corrected chi connectivity index (χ3v) is 5.77. The minimum atomic E-state index is 0.720. The predicted molar refractivity (Wildman–Crippen MR) is 115 cm³/mol. The number of benzene rings is 1. The first-order valence-corrected chi connectivity index (χ1v) is 10.0. The normalized spacial score (nSPS) is 15.0. The monoisotopic (exact) mass is 404 g/mol. The molecule has 0 bridgehead atoms. The van der Waals surface area contributed by atoms with E-state index in [-0.39, 0.29) is 0 Å². The van der Waals surface area contributed by atoms with Crippen molar-refractivity contribution < 1.29 is 0 Å². The summed E-state index contributed by atoms with van der Waals surface area (Å²) in [5.41, 5.74) is 4.60. The molecule has 146 valence electrons. The SMILES string of the molecule is Cn1c(CN2CC=C(c3c[nH]c4ncccc34)CC2)nnc1-c1ccc(Cl)cc1. The van der Waals surface area contributed by atoms with Crippen LogP contribution in [0, 0.1) is 0 Å². The number of aromatic nitrogens is 5. The van der Waals surface area contributed by atoms with Gasteiger partial charge >= 0.3 is 0 Å². The van der Waals surface area contributed by atoms with Crippen LogP contribution in [-0.2, 0) is 13.6 Å². The Labute approximate surface area is 173 Å². The fourth-order valence-electron chi connectivity index (χ4n) is 3.87. The standard InChI is InChI=1S/C22H21ClN6/c1-28-20(26-27-22(28)16-4-6-17(23)7-5-16)14-29-11-8-15(9-12-29)19-13-25-21-18(19)3-2-10-24-21/h2-8,10,13H,9,11-12,14H2,1H3,(H,24,25). The number of fused-ring (bicyclic) bond motifs is 1. The summed E-state index contributed by atoms with van der Waals surface area (Å²) in [5.74, 6) is 1.82. The number of nitrogens with one attached hydrogen (secondary N) is 1. The minimum absolute atomic E-state index is 0.720. The van der Waals surface area contributed by atoms with Crippen molar-refractivity contribution in [1.29, 1.82) is 0 Å². The summed E-state index contributed by atoms with van der Waals surface area (Å²) in [6, 6.07) is 11.8. The molecule has 0 spiro atoms. The van der Waals surface area contributed by atoms with Crippen molar-refractivity contribution in [2.24, 2.45) is 7.05 Å². The van der Waals surface area contributed by atoms with Crippen LogP contribution in [0.5, 0.6) is 0 Å². The van der Waals surface area contributed by atoms with Crippen LogP contribution in [0.25, 0.3) is 28.0 Å². The molecule has 0 amide bonds. The molecule has 1 aliphatic heterocycles. The van der Waals surface area contributed by atoms with Gasteiger partial charge in [-0.3, -0.25) is 4.90 Å². The Hall–Kier alpha value is -2.96. The van der Waals surface area contributed by atoms with Crippen molar-refractivity contribution in [2.45, 2.75) is 13.0 Å². The van der Waals surface area contributed by atoms with E-state index in [9.17, 15) is 0 Å². The summed E-state index contributed by atoms with van der Waals surface area (Å²) in [4.78, 5) is 10.1. The van der Waals surface area contributed by atoms with Gasteiger partial charge < -0.3 is 9.55 Å². The number of hydrogen-bond acceptors (Lipinski definition) is 4. The van der Waals surface area contributed by atoms with Gasteiger partial charge in [-0.25, -0.2) is 4.98 Å². The Morgan fingerprint density at radius 3 is 2.79 bits per heavy atom. The maximum absolute atomic E-state index is 5.99. The number of pyridine rings is 1. The summed E-state index contributed by atoms with van der Waals surface area (Å²) in [6.45, 7) is 2.66. The van der Waals surface area contributed by atoms with E-state index in [2.05, 4.69) is 48.0 Å². The van der Waals surface area contributed by atoms with Crippen molar-refractivity contribution in [3.63, 3.8) is 0 Å². The quantitative estimate of drug-likeness (QED) is 0.550. The zero-order chi connectivity index (χ0) is 19.8. The first kappa shape index (κ1) is 18.1. The molecule has 0 fully saturated rings. The molecule has 0 saturated heterocycles. The summed E-state index contributed by atoms with van der Waals surface area (Å²) in [7, 11) is 2.02. The van der Waals surface area contributed by atoms with Crippen molar-refractivity contribution in [3.05, 3.63) is 71.3 Å². The number of nitrogens with zero attached hydrogens (tertiary/aromatic N) is 5. The predicted octanol–water partition coefficient (Wildman–Crippen LogP) is 4.30. The molecule has 6 nitrogen and oxygen atoms in total. The summed E-state index contributed by atoms with van der Waals surface area (Å²) in [6.07, 6.45) is 7.21. The largest absolute Gasteiger partial charge is 0.346 e. The maximum atomic E-state index is 5.99. The third kappa shape index (κ3) is 3.45. The van der Waals surface area contributed by atoms with Gasteiger partial charge in [0, 0.05) is 54.1 Å². The van der Waals surface area contributed by atoms with Crippen LogP contribution in [0.3, 0.4) is 0 Å². The van der Waals surface area contributed by atoms with E-state index in [1.807, 2.05) is 43.6 Å². The molecule has 0 aliphatic carbocycles. The van der Waals surface area contributed by atoms with Crippen molar-refractivity contribution >= 4 is 28.2 Å². The molecule has 0 saturated carbocycles. The van der Waals surface area contributed by atoms with E-state index in [0.717, 1.165) is 53.9 Å². The number of hydrogen-bond donors (Lipinski definition) is 1. The molecule has 5 rings (SSSR count). The van der Waals surface area contributed by atoms with Gasteiger partial charge in [-0.2, -0.15) is 0 Å². The highest BCUT2D eigenvalue weighted by Gasteiger charge is 2.19. The molecule has 0 unspecified atom stereocenters. The van der Waals surface area contributed by atoms with Crippen LogP contribution in [0.15, 0.2) is 54.9 Å². The molecular weight excluding hydrogens is 384 g/mol. The molecule has 1 N–H and O–H groups in total. The van der Waals surface area contributed by atoms with Crippen LogP contribution in [0.1, 0.15) is 17.8 Å². The first-order valence-electron chi connectivity index (χ1n) is 9.67. The molecule has 1 aliphatic rings. The first-order chi connectivity index (χ1) is 14.2. The number of H-pyrrole nitrogens is 1. The average molecular weight is 405 g/mol. The zero-order valence-corrected chi connectivity index (χ0v) is 16.9. The van der Waals surface area contributed by atoms with Crippen LogP contribution in [0.4, 0.5) is 0 Å². The Balaban J connectivity index is 1.31. The van der Waals surface area contributed by atoms with E-state index in [0.29, 0.717) is 0 Å². The minimum Gasteiger partial charge on any atom is -0.346 e. The van der Waals surface area contributed by atoms with E-state index in [1.165, 1.54) is 16.5 Å². The summed E-state index contributed by atoms with van der Waals surface area (Å²) >= 11 is 5.99. The average Bonchev–Trinajstić information content (AvgIpc) is 3.34. The summed E-state index contributed by atoms with van der Waals surface area (Å²) < 4.78 is 2.06. The molecule has 1 aromatic carbocycles.